The lowest BCUT2D eigenvalue weighted by Crippen LogP contribution is -2.42. The lowest BCUT2D eigenvalue weighted by Gasteiger charge is -2.31. The molecule has 1 aromatic carbocycles. The summed E-state index contributed by atoms with van der Waals surface area (Å²) in [6, 6.07) is 10.2. The molecule has 0 aliphatic heterocycles. The second-order valence-corrected chi connectivity index (χ2v) is 7.03. The Kier molecular flexibility index (Phi) is 5.49. The topological polar surface area (TPSA) is 74.2 Å². The molecule has 0 bridgehead atoms. The van der Waals surface area contributed by atoms with Crippen molar-refractivity contribution in [2.75, 3.05) is 5.32 Å². The summed E-state index contributed by atoms with van der Waals surface area (Å²) in [7, 11) is 0. The van der Waals surface area contributed by atoms with Crippen LogP contribution in [0.15, 0.2) is 24.3 Å². The first-order chi connectivity index (χ1) is 10.9. The second kappa shape index (κ2) is 7.36. The normalized spacial score (nSPS) is 21.1. The molecule has 1 fully saturated rings. The second-order valence-electron chi connectivity index (χ2n) is 7.03. The Labute approximate surface area is 138 Å². The highest BCUT2D eigenvalue weighted by atomic mass is 16.6. The summed E-state index contributed by atoms with van der Waals surface area (Å²) >= 11 is 0. The fraction of sp³-hybridized carbons (Fsp3) is 0.556. The summed E-state index contributed by atoms with van der Waals surface area (Å²) in [5, 5.41) is 15.2. The van der Waals surface area contributed by atoms with E-state index in [0.717, 1.165) is 31.4 Å². The van der Waals surface area contributed by atoms with E-state index >= 15 is 0 Å². The third-order valence-corrected chi connectivity index (χ3v) is 3.83. The van der Waals surface area contributed by atoms with Gasteiger partial charge in [0.15, 0.2) is 0 Å². The van der Waals surface area contributed by atoms with Crippen molar-refractivity contribution in [3.05, 3.63) is 29.8 Å². The average Bonchev–Trinajstić information content (AvgIpc) is 2.48. The molecule has 1 aliphatic rings. The molecular weight excluding hydrogens is 290 g/mol. The molecule has 1 aromatic rings. The van der Waals surface area contributed by atoms with Gasteiger partial charge in [-0.15, -0.1) is 0 Å². The molecule has 5 nitrogen and oxygen atoms in total. The SMILES string of the molecule is CC(C)(C)OC(=O)N[C@H]1CC[C@H](Nc2ccc(C#N)cc2)CC1. The van der Waals surface area contributed by atoms with Gasteiger partial charge in [0.2, 0.25) is 0 Å². The summed E-state index contributed by atoms with van der Waals surface area (Å²) in [6.07, 6.45) is 3.54. The predicted molar refractivity (Wildman–Crippen MR) is 90.2 cm³/mol. The van der Waals surface area contributed by atoms with Crippen LogP contribution in [0.3, 0.4) is 0 Å². The van der Waals surface area contributed by atoms with E-state index in [1.165, 1.54) is 0 Å². The molecule has 0 aromatic heterocycles. The van der Waals surface area contributed by atoms with Gasteiger partial charge in [0.05, 0.1) is 11.6 Å². The molecule has 0 heterocycles. The molecule has 0 atom stereocenters. The standard InChI is InChI=1S/C18H25N3O2/c1-18(2,3)23-17(22)21-16-10-8-15(9-11-16)20-14-6-4-13(12-19)5-7-14/h4-7,15-16,20H,8-11H2,1-3H3,(H,21,22)/t15-,16-. The number of carbonyl (C=O) groups excluding carboxylic acids is 1. The Morgan fingerprint density at radius 1 is 1.13 bits per heavy atom. The number of hydrogen-bond acceptors (Lipinski definition) is 4. The minimum atomic E-state index is -0.460. The van der Waals surface area contributed by atoms with Crippen LogP contribution in [0.25, 0.3) is 0 Å². The van der Waals surface area contributed by atoms with Gasteiger partial charge in [0, 0.05) is 17.8 Å². The molecule has 1 aliphatic carbocycles. The highest BCUT2D eigenvalue weighted by Gasteiger charge is 2.24. The lowest BCUT2D eigenvalue weighted by molar-refractivity contribution is 0.0492. The van der Waals surface area contributed by atoms with Gasteiger partial charge in [-0.05, 0) is 70.7 Å². The van der Waals surface area contributed by atoms with Gasteiger partial charge >= 0.3 is 6.09 Å². The van der Waals surface area contributed by atoms with Crippen molar-refractivity contribution in [3.8, 4) is 6.07 Å². The number of carbonyl (C=O) groups is 1. The number of alkyl carbamates (subject to hydrolysis) is 1. The van der Waals surface area contributed by atoms with E-state index in [1.807, 2.05) is 45.0 Å². The van der Waals surface area contributed by atoms with Crippen LogP contribution in [0.4, 0.5) is 10.5 Å². The number of anilines is 1. The Morgan fingerprint density at radius 3 is 2.22 bits per heavy atom. The largest absolute Gasteiger partial charge is 0.444 e. The maximum absolute atomic E-state index is 11.8. The molecular formula is C18H25N3O2. The van der Waals surface area contributed by atoms with E-state index < -0.39 is 5.60 Å². The van der Waals surface area contributed by atoms with Gasteiger partial charge in [0.1, 0.15) is 5.60 Å². The first kappa shape index (κ1) is 17.1. The van der Waals surface area contributed by atoms with Crippen molar-refractivity contribution >= 4 is 11.8 Å². The van der Waals surface area contributed by atoms with Gasteiger partial charge in [-0.25, -0.2) is 4.79 Å². The van der Waals surface area contributed by atoms with Gasteiger partial charge < -0.3 is 15.4 Å². The van der Waals surface area contributed by atoms with Crippen molar-refractivity contribution in [1.29, 1.82) is 5.26 Å². The highest BCUT2D eigenvalue weighted by Crippen LogP contribution is 2.23. The Balaban J connectivity index is 1.75. The van der Waals surface area contributed by atoms with E-state index in [0.29, 0.717) is 11.6 Å². The Morgan fingerprint density at radius 2 is 1.70 bits per heavy atom. The van der Waals surface area contributed by atoms with E-state index in [1.54, 1.807) is 0 Å². The van der Waals surface area contributed by atoms with Crippen LogP contribution in [-0.2, 0) is 4.74 Å². The van der Waals surface area contributed by atoms with Gasteiger partial charge in [-0.2, -0.15) is 5.26 Å². The first-order valence-corrected chi connectivity index (χ1v) is 8.12. The number of ether oxygens (including phenoxy) is 1. The van der Waals surface area contributed by atoms with Crippen molar-refractivity contribution in [1.82, 2.24) is 5.32 Å². The number of nitrogens with zero attached hydrogens (tertiary/aromatic N) is 1. The third kappa shape index (κ3) is 5.82. The summed E-state index contributed by atoms with van der Waals surface area (Å²) in [5.74, 6) is 0. The van der Waals surface area contributed by atoms with Crippen molar-refractivity contribution in [3.63, 3.8) is 0 Å². The zero-order valence-electron chi connectivity index (χ0n) is 14.1. The van der Waals surface area contributed by atoms with E-state index in [4.69, 9.17) is 10.00 Å². The monoisotopic (exact) mass is 315 g/mol. The molecule has 2 N–H and O–H groups in total. The molecule has 0 radical (unpaired) electrons. The van der Waals surface area contributed by atoms with E-state index in [9.17, 15) is 4.79 Å². The summed E-state index contributed by atoms with van der Waals surface area (Å²) in [6.45, 7) is 5.60. The number of nitriles is 1. The van der Waals surface area contributed by atoms with Crippen LogP contribution >= 0.6 is 0 Å². The van der Waals surface area contributed by atoms with Crippen LogP contribution in [0.2, 0.25) is 0 Å². The van der Waals surface area contributed by atoms with E-state index in [-0.39, 0.29) is 12.1 Å². The molecule has 1 saturated carbocycles. The zero-order chi connectivity index (χ0) is 16.9. The predicted octanol–water partition coefficient (Wildman–Crippen LogP) is 3.81. The van der Waals surface area contributed by atoms with Crippen molar-refractivity contribution in [2.45, 2.75) is 64.1 Å². The molecule has 1 amide bonds. The molecule has 124 valence electrons. The fourth-order valence-corrected chi connectivity index (χ4v) is 2.73. The van der Waals surface area contributed by atoms with E-state index in [2.05, 4.69) is 16.7 Å². The third-order valence-electron chi connectivity index (χ3n) is 3.83. The number of nitrogens with one attached hydrogen (secondary N) is 2. The number of amides is 1. The number of hydrogen-bond donors (Lipinski definition) is 2. The van der Waals surface area contributed by atoms with Gasteiger partial charge in [-0.1, -0.05) is 0 Å². The van der Waals surface area contributed by atoms with Gasteiger partial charge in [0.25, 0.3) is 0 Å². The molecule has 0 saturated heterocycles. The zero-order valence-corrected chi connectivity index (χ0v) is 14.1. The average molecular weight is 315 g/mol. The quantitative estimate of drug-likeness (QED) is 0.889. The summed E-state index contributed by atoms with van der Waals surface area (Å²) < 4.78 is 5.29. The van der Waals surface area contributed by atoms with Gasteiger partial charge in [-0.3, -0.25) is 0 Å². The highest BCUT2D eigenvalue weighted by molar-refractivity contribution is 5.68. The van der Waals surface area contributed by atoms with Crippen LogP contribution in [0, 0.1) is 11.3 Å². The Hall–Kier alpha value is -2.22. The molecule has 2 rings (SSSR count). The summed E-state index contributed by atoms with van der Waals surface area (Å²) in [5.41, 5.74) is 1.24. The van der Waals surface area contributed by atoms with Crippen LogP contribution in [-0.4, -0.2) is 23.8 Å². The smallest absolute Gasteiger partial charge is 0.407 e. The number of rotatable bonds is 3. The van der Waals surface area contributed by atoms with Crippen LogP contribution in [0.5, 0.6) is 0 Å². The summed E-state index contributed by atoms with van der Waals surface area (Å²) in [4.78, 5) is 11.8. The molecule has 0 unspecified atom stereocenters. The first-order valence-electron chi connectivity index (χ1n) is 8.12. The minimum Gasteiger partial charge on any atom is -0.444 e. The van der Waals surface area contributed by atoms with Crippen molar-refractivity contribution < 1.29 is 9.53 Å². The molecule has 23 heavy (non-hydrogen) atoms. The lowest BCUT2D eigenvalue weighted by atomic mass is 9.91. The fourth-order valence-electron chi connectivity index (χ4n) is 2.73. The number of benzene rings is 1. The molecule has 5 heteroatoms. The molecule has 0 spiro atoms. The maximum Gasteiger partial charge on any atom is 0.407 e. The van der Waals surface area contributed by atoms with Crippen LogP contribution in [0.1, 0.15) is 52.0 Å². The minimum absolute atomic E-state index is 0.184. The van der Waals surface area contributed by atoms with Crippen molar-refractivity contribution in [2.24, 2.45) is 0 Å². The van der Waals surface area contributed by atoms with Crippen LogP contribution < -0.4 is 10.6 Å². The maximum atomic E-state index is 11.8. The Bertz CT molecular complexity index is 561.